The minimum atomic E-state index is -0.464. The molecular weight excluding hydrogens is 424 g/mol. The third-order valence-electron chi connectivity index (χ3n) is 6.64. The molecule has 1 aliphatic carbocycles. The van der Waals surface area contributed by atoms with Crippen molar-refractivity contribution in [3.63, 3.8) is 0 Å². The van der Waals surface area contributed by atoms with Gasteiger partial charge in [-0.05, 0) is 57.2 Å². The zero-order valence-electron chi connectivity index (χ0n) is 21.0. The molecule has 5 nitrogen and oxygen atoms in total. The quantitative estimate of drug-likeness (QED) is 0.433. The third-order valence-corrected chi connectivity index (χ3v) is 6.64. The van der Waals surface area contributed by atoms with Gasteiger partial charge in [0.25, 0.3) is 0 Å². The Balaban J connectivity index is 1.63. The fourth-order valence-electron chi connectivity index (χ4n) is 4.55. The molecule has 1 atom stereocenters. The number of hydrogen-bond donors (Lipinski definition) is 1. The molecule has 34 heavy (non-hydrogen) atoms. The fourth-order valence-corrected chi connectivity index (χ4v) is 4.55. The molecule has 2 aromatic carbocycles. The summed E-state index contributed by atoms with van der Waals surface area (Å²) in [5.41, 5.74) is 3.40. The molecule has 1 aliphatic rings. The van der Waals surface area contributed by atoms with Crippen LogP contribution in [0.15, 0.2) is 48.5 Å². The molecule has 1 saturated carbocycles. The predicted molar refractivity (Wildman–Crippen MR) is 137 cm³/mol. The first kappa shape index (κ1) is 25.8. The number of nitrogens with zero attached hydrogens (tertiary/aromatic N) is 1. The summed E-state index contributed by atoms with van der Waals surface area (Å²) >= 11 is 0. The second-order valence-corrected chi connectivity index (χ2v) is 9.54. The molecule has 184 valence electrons. The van der Waals surface area contributed by atoms with Crippen molar-refractivity contribution in [3.05, 3.63) is 65.2 Å². The van der Waals surface area contributed by atoms with Gasteiger partial charge in [0.2, 0.25) is 11.8 Å². The highest BCUT2D eigenvalue weighted by Gasteiger charge is 2.30. The van der Waals surface area contributed by atoms with Gasteiger partial charge in [-0.25, -0.2) is 0 Å². The van der Waals surface area contributed by atoms with Gasteiger partial charge in [-0.3, -0.25) is 9.59 Å². The molecule has 2 aromatic rings. The Kier molecular flexibility index (Phi) is 9.99. The first-order valence-corrected chi connectivity index (χ1v) is 12.8. The van der Waals surface area contributed by atoms with Crippen molar-refractivity contribution in [1.29, 1.82) is 0 Å². The number of hydrogen-bond acceptors (Lipinski definition) is 3. The Bertz CT molecular complexity index is 902. The number of rotatable bonds is 11. The van der Waals surface area contributed by atoms with Crippen LogP contribution in [0.25, 0.3) is 0 Å². The summed E-state index contributed by atoms with van der Waals surface area (Å²) in [5.74, 6) is 0.789. The van der Waals surface area contributed by atoms with Gasteiger partial charge < -0.3 is 15.0 Å². The maximum absolute atomic E-state index is 13.4. The highest BCUT2D eigenvalue weighted by molar-refractivity contribution is 5.87. The van der Waals surface area contributed by atoms with Crippen LogP contribution in [-0.2, 0) is 16.1 Å². The molecule has 1 fully saturated rings. The van der Waals surface area contributed by atoms with Gasteiger partial charge in [-0.15, -0.1) is 0 Å². The largest absolute Gasteiger partial charge is 0.494 e. The third kappa shape index (κ3) is 7.89. The minimum Gasteiger partial charge on any atom is -0.494 e. The maximum Gasteiger partial charge on any atom is 0.243 e. The first-order valence-electron chi connectivity index (χ1n) is 12.8. The van der Waals surface area contributed by atoms with Gasteiger partial charge in [0.1, 0.15) is 11.8 Å². The van der Waals surface area contributed by atoms with E-state index in [0.717, 1.165) is 37.0 Å². The van der Waals surface area contributed by atoms with Gasteiger partial charge in [0.15, 0.2) is 0 Å². The average molecular weight is 465 g/mol. The molecule has 0 bridgehead atoms. The Morgan fingerprint density at radius 3 is 2.21 bits per heavy atom. The van der Waals surface area contributed by atoms with Crippen LogP contribution in [0.5, 0.6) is 5.75 Å². The highest BCUT2D eigenvalue weighted by Crippen LogP contribution is 2.20. The van der Waals surface area contributed by atoms with E-state index in [1.165, 1.54) is 17.5 Å². The van der Waals surface area contributed by atoms with E-state index >= 15 is 0 Å². The van der Waals surface area contributed by atoms with Crippen LogP contribution in [0.2, 0.25) is 0 Å². The Morgan fingerprint density at radius 2 is 1.59 bits per heavy atom. The van der Waals surface area contributed by atoms with Crippen LogP contribution in [0.4, 0.5) is 0 Å². The molecule has 0 aliphatic heterocycles. The van der Waals surface area contributed by atoms with Gasteiger partial charge in [0.05, 0.1) is 6.61 Å². The van der Waals surface area contributed by atoms with E-state index < -0.39 is 6.04 Å². The maximum atomic E-state index is 13.4. The zero-order valence-corrected chi connectivity index (χ0v) is 21.0. The molecule has 0 radical (unpaired) electrons. The number of ether oxygens (including phenoxy) is 1. The predicted octanol–water partition coefficient (Wildman–Crippen LogP) is 5.72. The van der Waals surface area contributed by atoms with Crippen molar-refractivity contribution < 1.29 is 14.3 Å². The lowest BCUT2D eigenvalue weighted by molar-refractivity contribution is -0.142. The van der Waals surface area contributed by atoms with E-state index in [-0.39, 0.29) is 17.9 Å². The van der Waals surface area contributed by atoms with Crippen molar-refractivity contribution in [1.82, 2.24) is 10.2 Å². The molecule has 2 amide bonds. The lowest BCUT2D eigenvalue weighted by Gasteiger charge is -2.33. The van der Waals surface area contributed by atoms with Crippen LogP contribution >= 0.6 is 0 Å². The lowest BCUT2D eigenvalue weighted by Crippen LogP contribution is -2.51. The number of carbonyl (C=O) groups excluding carboxylic acids is 2. The van der Waals surface area contributed by atoms with E-state index in [2.05, 4.69) is 17.4 Å². The Labute approximate surface area is 204 Å². The molecule has 0 aromatic heterocycles. The SMILES string of the molecule is CCC(C(=O)NC1CCCCC1)N(Cc1ccc(C)cc1)C(=O)CCCOc1ccc(C)cc1. The van der Waals surface area contributed by atoms with Crippen LogP contribution in [0, 0.1) is 13.8 Å². The summed E-state index contributed by atoms with van der Waals surface area (Å²) in [6.07, 6.45) is 7.18. The molecular formula is C29H40N2O3. The van der Waals surface area contributed by atoms with Crippen molar-refractivity contribution in [3.8, 4) is 5.75 Å². The Morgan fingerprint density at radius 1 is 0.971 bits per heavy atom. The van der Waals surface area contributed by atoms with Crippen LogP contribution in [-0.4, -0.2) is 35.4 Å². The zero-order chi connectivity index (χ0) is 24.3. The minimum absolute atomic E-state index is 0.00118. The summed E-state index contributed by atoms with van der Waals surface area (Å²) in [6, 6.07) is 15.9. The monoisotopic (exact) mass is 464 g/mol. The van der Waals surface area contributed by atoms with E-state index in [1.54, 1.807) is 4.90 Å². The number of carbonyl (C=O) groups is 2. The van der Waals surface area contributed by atoms with Crippen molar-refractivity contribution in [2.75, 3.05) is 6.61 Å². The summed E-state index contributed by atoms with van der Waals surface area (Å²) in [5, 5.41) is 3.24. The summed E-state index contributed by atoms with van der Waals surface area (Å²) in [4.78, 5) is 28.4. The number of amides is 2. The van der Waals surface area contributed by atoms with Crippen LogP contribution in [0.1, 0.15) is 75.0 Å². The van der Waals surface area contributed by atoms with Gasteiger partial charge in [0, 0.05) is 19.0 Å². The number of nitrogens with one attached hydrogen (secondary N) is 1. The van der Waals surface area contributed by atoms with Crippen molar-refractivity contribution in [2.45, 2.75) is 90.8 Å². The Hall–Kier alpha value is -2.82. The van der Waals surface area contributed by atoms with Gasteiger partial charge in [-0.2, -0.15) is 0 Å². The van der Waals surface area contributed by atoms with Crippen molar-refractivity contribution in [2.24, 2.45) is 0 Å². The molecule has 1 unspecified atom stereocenters. The average Bonchev–Trinajstić information content (AvgIpc) is 2.84. The fraction of sp³-hybridized carbons (Fsp3) is 0.517. The molecule has 0 spiro atoms. The topological polar surface area (TPSA) is 58.6 Å². The van der Waals surface area contributed by atoms with Crippen LogP contribution in [0.3, 0.4) is 0 Å². The first-order chi connectivity index (χ1) is 16.5. The number of aryl methyl sites for hydroxylation is 2. The summed E-state index contributed by atoms with van der Waals surface area (Å²) in [6.45, 7) is 6.99. The van der Waals surface area contributed by atoms with Crippen LogP contribution < -0.4 is 10.1 Å². The normalized spacial score (nSPS) is 14.9. The number of benzene rings is 2. The second kappa shape index (κ2) is 13.2. The van der Waals surface area contributed by atoms with E-state index in [0.29, 0.717) is 32.4 Å². The molecule has 0 heterocycles. The van der Waals surface area contributed by atoms with E-state index in [1.807, 2.05) is 57.2 Å². The van der Waals surface area contributed by atoms with E-state index in [4.69, 9.17) is 4.74 Å². The van der Waals surface area contributed by atoms with Gasteiger partial charge in [-0.1, -0.05) is 73.7 Å². The van der Waals surface area contributed by atoms with E-state index in [9.17, 15) is 9.59 Å². The molecule has 1 N–H and O–H groups in total. The molecule has 5 heteroatoms. The summed E-state index contributed by atoms with van der Waals surface area (Å²) < 4.78 is 5.81. The smallest absolute Gasteiger partial charge is 0.243 e. The van der Waals surface area contributed by atoms with Gasteiger partial charge >= 0.3 is 0 Å². The lowest BCUT2D eigenvalue weighted by atomic mass is 9.95. The standard InChI is InChI=1S/C29H40N2O3/c1-4-27(29(33)30-25-9-6-5-7-10-25)31(21-24-16-12-22(2)13-17-24)28(32)11-8-20-34-26-18-14-23(3)15-19-26/h12-19,25,27H,4-11,20-21H2,1-3H3,(H,30,33). The highest BCUT2D eigenvalue weighted by atomic mass is 16.5. The summed E-state index contributed by atoms with van der Waals surface area (Å²) in [7, 11) is 0. The molecule has 3 rings (SSSR count). The van der Waals surface area contributed by atoms with Crippen molar-refractivity contribution >= 4 is 11.8 Å². The second-order valence-electron chi connectivity index (χ2n) is 9.54. The molecule has 0 saturated heterocycles.